The summed E-state index contributed by atoms with van der Waals surface area (Å²) in [6.45, 7) is 0.115. The zero-order valence-electron chi connectivity index (χ0n) is 33.2. The van der Waals surface area contributed by atoms with E-state index in [9.17, 15) is 15.3 Å². The second-order valence-corrected chi connectivity index (χ2v) is 19.2. The predicted octanol–water partition coefficient (Wildman–Crippen LogP) is 5.01. The zero-order valence-corrected chi connectivity index (χ0v) is 33.2. The van der Waals surface area contributed by atoms with Gasteiger partial charge in [-0.25, -0.2) is 0 Å². The number of amides is 2. The summed E-state index contributed by atoms with van der Waals surface area (Å²) in [5.74, 6) is 5.45. The molecule has 0 radical (unpaired) electrons. The molecule has 3 unspecified atom stereocenters. The van der Waals surface area contributed by atoms with Crippen molar-refractivity contribution in [2.45, 2.75) is 190 Å². The van der Waals surface area contributed by atoms with E-state index < -0.39 is 23.5 Å². The highest BCUT2D eigenvalue weighted by atomic mass is 16.6. The van der Waals surface area contributed by atoms with E-state index in [1.807, 2.05) is 0 Å². The first-order valence-corrected chi connectivity index (χ1v) is 22.8. The van der Waals surface area contributed by atoms with Crippen LogP contribution in [-0.2, 0) is 19.1 Å². The number of nitrogens with one attached hydrogen (secondary N) is 2. The fraction of sp³-hybridized carbons (Fsp3) is 0.889. The molecule has 0 aromatic heterocycles. The van der Waals surface area contributed by atoms with Crippen LogP contribution in [0.4, 0.5) is 0 Å². The minimum atomic E-state index is -1.19. The van der Waals surface area contributed by atoms with Gasteiger partial charge < -0.3 is 30.7 Å². The maximum atomic E-state index is 15.4. The topological polar surface area (TPSA) is 148 Å². The molecule has 3 heterocycles. The van der Waals surface area contributed by atoms with Gasteiger partial charge in [-0.1, -0.05) is 63.7 Å². The third kappa shape index (κ3) is 7.51. The summed E-state index contributed by atoms with van der Waals surface area (Å²) in [6, 6.07) is -1.43. The van der Waals surface area contributed by atoms with Crippen LogP contribution in [0.2, 0.25) is 0 Å². The highest BCUT2D eigenvalue weighted by molar-refractivity contribution is 5.99. The molecular weight excluding hydrogens is 695 g/mol. The van der Waals surface area contributed by atoms with Crippen molar-refractivity contribution in [1.29, 1.82) is 0 Å². The van der Waals surface area contributed by atoms with E-state index in [4.69, 9.17) is 4.74 Å². The molecule has 8 aliphatic rings. The van der Waals surface area contributed by atoms with Gasteiger partial charge in [0.25, 0.3) is 0 Å². The molecule has 5 aliphatic carbocycles. The van der Waals surface area contributed by atoms with Crippen LogP contribution in [0.1, 0.15) is 148 Å². The Morgan fingerprint density at radius 2 is 1.51 bits per heavy atom. The number of fused-ring (bicyclic) bond motifs is 3. The average molecular weight is 764 g/mol. The minimum absolute atomic E-state index is 0.00375. The Kier molecular flexibility index (Phi) is 12.5. The lowest BCUT2D eigenvalue weighted by molar-refractivity contribution is -0.190. The Morgan fingerprint density at radius 1 is 0.855 bits per heavy atom. The maximum Gasteiger partial charge on any atom is 0.324 e. The van der Waals surface area contributed by atoms with Crippen molar-refractivity contribution in [3.05, 3.63) is 0 Å². The SMILES string of the molecule is O=C1O[C@H](C2CCCCC2)[C@H](C2CCCCC2)N2[C@H]1[C@@H](C(=O)NC[C@H](O)C1CCCCC1)[C@]1(C(=O)NC3CCC(C#CCCO)CC31)[C@H]2C1CCC(O)CC1. The van der Waals surface area contributed by atoms with Crippen molar-refractivity contribution in [2.24, 2.45) is 46.8 Å². The monoisotopic (exact) mass is 764 g/mol. The van der Waals surface area contributed by atoms with Crippen molar-refractivity contribution in [3.63, 3.8) is 0 Å². The molecule has 0 aromatic carbocycles. The molecule has 55 heavy (non-hydrogen) atoms. The number of hydrogen-bond acceptors (Lipinski definition) is 8. The summed E-state index contributed by atoms with van der Waals surface area (Å²) in [6.07, 6.45) is 20.5. The molecule has 3 saturated heterocycles. The van der Waals surface area contributed by atoms with E-state index in [0.29, 0.717) is 31.6 Å². The van der Waals surface area contributed by atoms with Crippen LogP contribution in [0.5, 0.6) is 0 Å². The van der Waals surface area contributed by atoms with E-state index in [-0.39, 0.29) is 90.9 Å². The molecule has 5 N–H and O–H groups in total. The van der Waals surface area contributed by atoms with E-state index in [2.05, 4.69) is 27.4 Å². The Hall–Kier alpha value is -2.19. The number of aliphatic hydroxyl groups excluding tert-OH is 3. The average Bonchev–Trinajstić information content (AvgIpc) is 3.69. The maximum absolute atomic E-state index is 15.4. The molecule has 2 amide bonds. The number of carbonyl (C=O) groups is 3. The normalized spacial score (nSPS) is 41.1. The van der Waals surface area contributed by atoms with Gasteiger partial charge in [0.05, 0.1) is 36.2 Å². The van der Waals surface area contributed by atoms with E-state index in [1.165, 1.54) is 19.3 Å². The minimum Gasteiger partial charge on any atom is -0.459 e. The molecule has 10 heteroatoms. The number of carbonyl (C=O) groups excluding carboxylic acids is 3. The van der Waals surface area contributed by atoms with Crippen LogP contribution in [0.15, 0.2) is 0 Å². The van der Waals surface area contributed by atoms with Crippen LogP contribution < -0.4 is 10.6 Å². The fourth-order valence-corrected chi connectivity index (χ4v) is 13.8. The van der Waals surface area contributed by atoms with Gasteiger partial charge in [-0.15, -0.1) is 5.92 Å². The van der Waals surface area contributed by atoms with Gasteiger partial charge in [0.1, 0.15) is 12.1 Å². The number of nitrogens with zero attached hydrogens (tertiary/aromatic N) is 1. The molecule has 0 aromatic rings. The summed E-state index contributed by atoms with van der Waals surface area (Å²) >= 11 is 0. The van der Waals surface area contributed by atoms with Gasteiger partial charge in [0.15, 0.2) is 0 Å². The second kappa shape index (κ2) is 17.3. The molecule has 8 fully saturated rings. The molecule has 1 spiro atoms. The third-order valence-electron chi connectivity index (χ3n) is 16.3. The van der Waals surface area contributed by atoms with Crippen LogP contribution in [0.25, 0.3) is 0 Å². The van der Waals surface area contributed by atoms with E-state index in [1.54, 1.807) is 0 Å². The molecule has 0 bridgehead atoms. The molecule has 5 saturated carbocycles. The zero-order chi connectivity index (χ0) is 38.1. The first kappa shape index (κ1) is 39.6. The molecule has 10 nitrogen and oxygen atoms in total. The van der Waals surface area contributed by atoms with Crippen molar-refractivity contribution < 1.29 is 34.4 Å². The summed E-state index contributed by atoms with van der Waals surface area (Å²) in [5, 5.41) is 38.4. The molecule has 10 atom stereocenters. The summed E-state index contributed by atoms with van der Waals surface area (Å²) in [5.41, 5.74) is -1.19. The first-order chi connectivity index (χ1) is 26.8. The van der Waals surface area contributed by atoms with Crippen molar-refractivity contribution in [1.82, 2.24) is 15.5 Å². The molecule has 8 rings (SSSR count). The quantitative estimate of drug-likeness (QED) is 0.171. The van der Waals surface area contributed by atoms with Gasteiger partial charge in [-0.3, -0.25) is 19.3 Å². The van der Waals surface area contributed by atoms with Crippen molar-refractivity contribution in [2.75, 3.05) is 13.2 Å². The van der Waals surface area contributed by atoms with E-state index >= 15 is 14.4 Å². The predicted molar refractivity (Wildman–Crippen MR) is 208 cm³/mol. The highest BCUT2D eigenvalue weighted by Gasteiger charge is 2.77. The number of hydrogen-bond donors (Lipinski definition) is 5. The molecule has 306 valence electrons. The third-order valence-corrected chi connectivity index (χ3v) is 16.3. The lowest BCUT2D eigenvalue weighted by Gasteiger charge is -2.54. The lowest BCUT2D eigenvalue weighted by Crippen LogP contribution is -2.66. The van der Waals surface area contributed by atoms with Gasteiger partial charge in [0.2, 0.25) is 11.8 Å². The van der Waals surface area contributed by atoms with Crippen molar-refractivity contribution >= 4 is 17.8 Å². The standard InChI is InChI=1S/C45H69N3O7/c49-25-11-10-12-28-19-24-35-34(26-28)45(44(54)47-35)37(42(52)46-27-36(51)29-13-4-1-5-14-29)39-43(53)55-40(31-17-8-3-9-18-31)38(30-15-6-2-7-16-30)48(39)41(45)32-20-22-33(50)23-21-32/h28-41,49-51H,1-9,11,13-27H2,(H,46,52)(H,47,54)/t28?,32?,33?,34?,35?,36-,37-,38-,39-,40+,41+,45-/m0/s1. The molecular formula is C45H69N3O7. The number of esters is 1. The number of rotatable bonds is 8. The van der Waals surface area contributed by atoms with E-state index in [0.717, 1.165) is 103 Å². The van der Waals surface area contributed by atoms with Gasteiger partial charge >= 0.3 is 5.97 Å². The van der Waals surface area contributed by atoms with Crippen LogP contribution in [0.3, 0.4) is 0 Å². The van der Waals surface area contributed by atoms with Gasteiger partial charge in [-0.05, 0) is 113 Å². The van der Waals surface area contributed by atoms with Crippen LogP contribution >= 0.6 is 0 Å². The Balaban J connectivity index is 1.26. The second-order valence-electron chi connectivity index (χ2n) is 19.2. The van der Waals surface area contributed by atoms with Gasteiger partial charge in [-0.2, -0.15) is 0 Å². The smallest absolute Gasteiger partial charge is 0.324 e. The first-order valence-electron chi connectivity index (χ1n) is 22.8. The number of cyclic esters (lactones) is 1. The van der Waals surface area contributed by atoms with Crippen molar-refractivity contribution in [3.8, 4) is 11.8 Å². The summed E-state index contributed by atoms with van der Waals surface area (Å²) in [4.78, 5) is 48.3. The van der Waals surface area contributed by atoms with Crippen LogP contribution in [0, 0.1) is 58.7 Å². The number of aliphatic hydroxyl groups is 3. The van der Waals surface area contributed by atoms with Gasteiger partial charge in [0, 0.05) is 31.0 Å². The lowest BCUT2D eigenvalue weighted by atomic mass is 9.55. The molecule has 3 aliphatic heterocycles. The summed E-state index contributed by atoms with van der Waals surface area (Å²) in [7, 11) is 0. The van der Waals surface area contributed by atoms with Crippen LogP contribution in [-0.4, -0.2) is 93.6 Å². The Labute approximate surface area is 329 Å². The number of ether oxygens (including phenoxy) is 1. The fourth-order valence-electron chi connectivity index (χ4n) is 13.8. The highest BCUT2D eigenvalue weighted by Crippen LogP contribution is 2.64. The summed E-state index contributed by atoms with van der Waals surface area (Å²) < 4.78 is 6.79. The Bertz CT molecular complexity index is 1420. The largest absolute Gasteiger partial charge is 0.459 e. The Morgan fingerprint density at radius 3 is 2.18 bits per heavy atom. The number of morpholine rings is 1.